The van der Waals surface area contributed by atoms with Crippen LogP contribution in [0, 0.1) is 17.2 Å². The van der Waals surface area contributed by atoms with Crippen LogP contribution in [0.3, 0.4) is 0 Å². The zero-order valence-electron chi connectivity index (χ0n) is 15.3. The van der Waals surface area contributed by atoms with Gasteiger partial charge in [-0.2, -0.15) is 10.4 Å². The second kappa shape index (κ2) is 7.00. The second-order valence-electron chi connectivity index (χ2n) is 6.96. The summed E-state index contributed by atoms with van der Waals surface area (Å²) in [5, 5.41) is 14.8. The maximum Gasteiger partial charge on any atom is 0.141 e. The van der Waals surface area contributed by atoms with Crippen molar-refractivity contribution >= 4 is 10.9 Å². The topological polar surface area (TPSA) is 67.4 Å². The molecule has 0 amide bonds. The van der Waals surface area contributed by atoms with Gasteiger partial charge < -0.3 is 0 Å². The standard InChI is InChI=1S/C22H19N5/c1-15(2)13-27-14-18(12-25-27)20-8-7-19(11-23)26-22(20)17-6-5-16-4-3-9-24-21(16)10-17/h3-10,12,14-15H,13H2,1-2H3. The van der Waals surface area contributed by atoms with Crippen molar-refractivity contribution in [3.8, 4) is 28.5 Å². The third kappa shape index (κ3) is 3.42. The van der Waals surface area contributed by atoms with Crippen LogP contribution in [-0.4, -0.2) is 19.7 Å². The zero-order chi connectivity index (χ0) is 18.8. The summed E-state index contributed by atoms with van der Waals surface area (Å²) in [6.45, 7) is 5.19. The molecule has 0 aliphatic carbocycles. The number of aromatic nitrogens is 4. The van der Waals surface area contributed by atoms with Gasteiger partial charge in [0.05, 0.1) is 17.4 Å². The van der Waals surface area contributed by atoms with Crippen LogP contribution in [0.15, 0.2) is 61.1 Å². The molecule has 5 nitrogen and oxygen atoms in total. The van der Waals surface area contributed by atoms with Crippen LogP contribution in [0.5, 0.6) is 0 Å². The van der Waals surface area contributed by atoms with Crippen molar-refractivity contribution in [2.75, 3.05) is 0 Å². The van der Waals surface area contributed by atoms with Crippen molar-refractivity contribution in [2.24, 2.45) is 5.92 Å². The van der Waals surface area contributed by atoms with Crippen LogP contribution in [0.1, 0.15) is 19.5 Å². The average molecular weight is 353 g/mol. The Labute approximate surface area is 157 Å². The lowest BCUT2D eigenvalue weighted by molar-refractivity contribution is 0.483. The third-order valence-electron chi connectivity index (χ3n) is 4.39. The van der Waals surface area contributed by atoms with Gasteiger partial charge >= 0.3 is 0 Å². The minimum absolute atomic E-state index is 0.393. The van der Waals surface area contributed by atoms with Crippen LogP contribution in [-0.2, 0) is 6.54 Å². The van der Waals surface area contributed by atoms with Gasteiger partial charge in [-0.3, -0.25) is 9.67 Å². The summed E-state index contributed by atoms with van der Waals surface area (Å²) >= 11 is 0. The van der Waals surface area contributed by atoms with Gasteiger partial charge in [0, 0.05) is 41.0 Å². The zero-order valence-corrected chi connectivity index (χ0v) is 15.3. The first-order valence-corrected chi connectivity index (χ1v) is 8.93. The van der Waals surface area contributed by atoms with Gasteiger partial charge in [-0.25, -0.2) is 4.98 Å². The lowest BCUT2D eigenvalue weighted by Crippen LogP contribution is -2.04. The van der Waals surface area contributed by atoms with Gasteiger partial charge in [-0.05, 0) is 30.2 Å². The fraction of sp³-hybridized carbons (Fsp3) is 0.182. The highest BCUT2D eigenvalue weighted by atomic mass is 15.3. The summed E-state index contributed by atoms with van der Waals surface area (Å²) in [7, 11) is 0. The Balaban J connectivity index is 1.85. The first-order chi connectivity index (χ1) is 13.1. The number of nitriles is 1. The molecule has 3 heterocycles. The van der Waals surface area contributed by atoms with E-state index >= 15 is 0 Å². The predicted molar refractivity (Wildman–Crippen MR) is 106 cm³/mol. The Morgan fingerprint density at radius 2 is 2.00 bits per heavy atom. The Kier molecular flexibility index (Phi) is 4.39. The lowest BCUT2D eigenvalue weighted by atomic mass is 10.00. The fourth-order valence-corrected chi connectivity index (χ4v) is 3.16. The predicted octanol–water partition coefficient (Wildman–Crippen LogP) is 4.69. The van der Waals surface area contributed by atoms with E-state index in [-0.39, 0.29) is 0 Å². The van der Waals surface area contributed by atoms with Crippen LogP contribution in [0.2, 0.25) is 0 Å². The quantitative estimate of drug-likeness (QED) is 0.534. The molecule has 0 aliphatic heterocycles. The summed E-state index contributed by atoms with van der Waals surface area (Å²) in [6.07, 6.45) is 5.67. The highest BCUT2D eigenvalue weighted by molar-refractivity contribution is 5.87. The van der Waals surface area contributed by atoms with Crippen molar-refractivity contribution in [1.82, 2.24) is 19.7 Å². The number of benzene rings is 1. The first kappa shape index (κ1) is 16.9. The molecular formula is C22H19N5. The van der Waals surface area contributed by atoms with E-state index in [2.05, 4.69) is 35.0 Å². The lowest BCUT2D eigenvalue weighted by Gasteiger charge is -2.09. The van der Waals surface area contributed by atoms with E-state index in [1.54, 1.807) is 12.3 Å². The van der Waals surface area contributed by atoms with Crippen LogP contribution >= 0.6 is 0 Å². The molecule has 0 fully saturated rings. The Bertz CT molecular complexity index is 1150. The maximum atomic E-state index is 9.30. The Hall–Kier alpha value is -3.52. The number of rotatable bonds is 4. The molecule has 0 spiro atoms. The van der Waals surface area contributed by atoms with Crippen LogP contribution in [0.25, 0.3) is 33.3 Å². The fourth-order valence-electron chi connectivity index (χ4n) is 3.16. The van der Waals surface area contributed by atoms with E-state index in [0.29, 0.717) is 11.6 Å². The van der Waals surface area contributed by atoms with Gasteiger partial charge in [0.1, 0.15) is 11.8 Å². The summed E-state index contributed by atoms with van der Waals surface area (Å²) in [6, 6.07) is 15.9. The van der Waals surface area contributed by atoms with Crippen molar-refractivity contribution < 1.29 is 0 Å². The summed E-state index contributed by atoms with van der Waals surface area (Å²) in [4.78, 5) is 9.03. The van der Waals surface area contributed by atoms with E-state index in [1.807, 2.05) is 53.5 Å². The smallest absolute Gasteiger partial charge is 0.141 e. The largest absolute Gasteiger partial charge is 0.272 e. The summed E-state index contributed by atoms with van der Waals surface area (Å²) in [5.74, 6) is 0.517. The molecule has 5 heteroatoms. The van der Waals surface area contributed by atoms with E-state index < -0.39 is 0 Å². The van der Waals surface area contributed by atoms with Gasteiger partial charge in [0.2, 0.25) is 0 Å². The van der Waals surface area contributed by atoms with Gasteiger partial charge in [-0.15, -0.1) is 0 Å². The molecule has 0 bridgehead atoms. The highest BCUT2D eigenvalue weighted by Gasteiger charge is 2.13. The van der Waals surface area contributed by atoms with Gasteiger partial charge in [-0.1, -0.05) is 32.0 Å². The van der Waals surface area contributed by atoms with Crippen molar-refractivity contribution in [3.63, 3.8) is 0 Å². The van der Waals surface area contributed by atoms with E-state index in [1.165, 1.54) is 0 Å². The van der Waals surface area contributed by atoms with Crippen molar-refractivity contribution in [1.29, 1.82) is 5.26 Å². The number of hydrogen-bond acceptors (Lipinski definition) is 4. The van der Waals surface area contributed by atoms with Crippen LogP contribution < -0.4 is 0 Å². The maximum absolute atomic E-state index is 9.30. The Morgan fingerprint density at radius 3 is 2.81 bits per heavy atom. The van der Waals surface area contributed by atoms with Crippen LogP contribution in [0.4, 0.5) is 0 Å². The molecule has 4 rings (SSSR count). The molecule has 0 atom stereocenters. The minimum Gasteiger partial charge on any atom is -0.272 e. The number of hydrogen-bond donors (Lipinski definition) is 0. The van der Waals surface area contributed by atoms with E-state index in [9.17, 15) is 5.26 Å². The first-order valence-electron chi connectivity index (χ1n) is 8.93. The molecule has 27 heavy (non-hydrogen) atoms. The number of nitrogens with zero attached hydrogens (tertiary/aromatic N) is 5. The molecule has 0 N–H and O–H groups in total. The molecule has 0 unspecified atom stereocenters. The normalized spacial score (nSPS) is 11.0. The molecule has 0 saturated carbocycles. The highest BCUT2D eigenvalue weighted by Crippen LogP contribution is 2.32. The molecule has 4 aromatic rings. The SMILES string of the molecule is CC(C)Cn1cc(-c2ccc(C#N)nc2-c2ccc3cccnc3c2)cn1. The van der Waals surface area contributed by atoms with E-state index in [0.717, 1.165) is 39.8 Å². The molecule has 0 saturated heterocycles. The number of pyridine rings is 2. The van der Waals surface area contributed by atoms with Crippen molar-refractivity contribution in [2.45, 2.75) is 20.4 Å². The molecule has 1 aromatic carbocycles. The minimum atomic E-state index is 0.393. The summed E-state index contributed by atoms with van der Waals surface area (Å²) in [5.41, 5.74) is 4.95. The molecule has 132 valence electrons. The van der Waals surface area contributed by atoms with Crippen molar-refractivity contribution in [3.05, 3.63) is 66.7 Å². The molecule has 0 radical (unpaired) electrons. The monoisotopic (exact) mass is 353 g/mol. The molecular weight excluding hydrogens is 334 g/mol. The van der Waals surface area contributed by atoms with E-state index in [4.69, 9.17) is 0 Å². The molecule has 3 aromatic heterocycles. The Morgan fingerprint density at radius 1 is 1.11 bits per heavy atom. The average Bonchev–Trinajstić information content (AvgIpc) is 3.14. The van der Waals surface area contributed by atoms with Gasteiger partial charge in [0.15, 0.2) is 0 Å². The summed E-state index contributed by atoms with van der Waals surface area (Å²) < 4.78 is 1.95. The third-order valence-corrected chi connectivity index (χ3v) is 4.39. The van der Waals surface area contributed by atoms with Gasteiger partial charge in [0.25, 0.3) is 0 Å². The second-order valence-corrected chi connectivity index (χ2v) is 6.96. The number of fused-ring (bicyclic) bond motifs is 1. The molecule has 0 aliphatic rings.